The molecule has 0 saturated heterocycles. The van der Waals surface area contributed by atoms with Crippen LogP contribution in [0.5, 0.6) is 0 Å². The SMILES string of the molecule is Nc1ncc(-c2cccc(NC(=O)CO)c2)cc1-c1nnnn1-c1cccc(F)c1F. The van der Waals surface area contributed by atoms with E-state index in [2.05, 4.69) is 25.8 Å². The van der Waals surface area contributed by atoms with E-state index < -0.39 is 24.1 Å². The van der Waals surface area contributed by atoms with Crippen LogP contribution >= 0.6 is 0 Å². The number of amides is 1. The van der Waals surface area contributed by atoms with Gasteiger partial charge in [0, 0.05) is 17.4 Å². The number of nitrogens with two attached hydrogens (primary N) is 1. The Hall–Kier alpha value is -4.25. The zero-order valence-corrected chi connectivity index (χ0v) is 15.8. The van der Waals surface area contributed by atoms with Crippen LogP contribution in [0.4, 0.5) is 20.3 Å². The molecule has 9 nitrogen and oxygen atoms in total. The van der Waals surface area contributed by atoms with Crippen LogP contribution in [0, 0.1) is 11.6 Å². The van der Waals surface area contributed by atoms with E-state index in [-0.39, 0.29) is 17.3 Å². The van der Waals surface area contributed by atoms with Gasteiger partial charge >= 0.3 is 0 Å². The van der Waals surface area contributed by atoms with E-state index in [1.165, 1.54) is 18.3 Å². The van der Waals surface area contributed by atoms with E-state index in [0.29, 0.717) is 22.4 Å². The molecule has 4 N–H and O–H groups in total. The first kappa shape index (κ1) is 20.0. The number of nitrogen functional groups attached to an aromatic ring is 1. The highest BCUT2D eigenvalue weighted by Gasteiger charge is 2.19. The maximum absolute atomic E-state index is 14.3. The second-order valence-corrected chi connectivity index (χ2v) is 6.43. The summed E-state index contributed by atoms with van der Waals surface area (Å²) in [5.74, 6) is -2.54. The van der Waals surface area contributed by atoms with Crippen LogP contribution in [0.3, 0.4) is 0 Å². The number of hydrogen-bond donors (Lipinski definition) is 3. The zero-order chi connectivity index (χ0) is 22.0. The van der Waals surface area contributed by atoms with Crippen LogP contribution in [0.25, 0.3) is 28.2 Å². The fourth-order valence-electron chi connectivity index (χ4n) is 2.96. The molecule has 11 heteroatoms. The van der Waals surface area contributed by atoms with E-state index in [0.717, 1.165) is 10.7 Å². The van der Waals surface area contributed by atoms with Gasteiger partial charge in [-0.05, 0) is 46.3 Å². The van der Waals surface area contributed by atoms with Crippen molar-refractivity contribution in [2.45, 2.75) is 0 Å². The van der Waals surface area contributed by atoms with Gasteiger partial charge in [-0.3, -0.25) is 4.79 Å². The van der Waals surface area contributed by atoms with E-state index >= 15 is 0 Å². The first-order valence-corrected chi connectivity index (χ1v) is 8.97. The maximum atomic E-state index is 14.3. The van der Waals surface area contributed by atoms with Crippen molar-refractivity contribution in [3.63, 3.8) is 0 Å². The van der Waals surface area contributed by atoms with Crippen LogP contribution in [0.15, 0.2) is 54.7 Å². The van der Waals surface area contributed by atoms with Crippen molar-refractivity contribution in [2.75, 3.05) is 17.7 Å². The summed E-state index contributed by atoms with van der Waals surface area (Å²) in [6.45, 7) is -0.642. The Morgan fingerprint density at radius 1 is 1.13 bits per heavy atom. The molecule has 0 radical (unpaired) electrons. The van der Waals surface area contributed by atoms with E-state index in [1.807, 2.05) is 0 Å². The van der Waals surface area contributed by atoms with Gasteiger partial charge in [-0.15, -0.1) is 5.10 Å². The third-order valence-corrected chi connectivity index (χ3v) is 4.41. The number of aliphatic hydroxyl groups is 1. The van der Waals surface area contributed by atoms with Crippen molar-refractivity contribution in [1.29, 1.82) is 0 Å². The molecular formula is C20H15F2N7O2. The number of pyridine rings is 1. The van der Waals surface area contributed by atoms with Crippen LogP contribution in [0.1, 0.15) is 0 Å². The number of carbonyl (C=O) groups excluding carboxylic acids is 1. The Kier molecular flexibility index (Phi) is 5.33. The molecule has 2 heterocycles. The van der Waals surface area contributed by atoms with Gasteiger partial charge in [0.1, 0.15) is 18.1 Å². The number of halogens is 2. The molecule has 0 aliphatic heterocycles. The minimum absolute atomic E-state index is 0.0705. The molecule has 4 aromatic rings. The quantitative estimate of drug-likeness (QED) is 0.448. The highest BCUT2D eigenvalue weighted by atomic mass is 19.2. The van der Waals surface area contributed by atoms with Crippen LogP contribution in [0.2, 0.25) is 0 Å². The predicted molar refractivity (Wildman–Crippen MR) is 108 cm³/mol. The molecule has 2 aromatic heterocycles. The molecule has 0 saturated carbocycles. The molecule has 0 bridgehead atoms. The summed E-state index contributed by atoms with van der Waals surface area (Å²) in [7, 11) is 0. The third-order valence-electron chi connectivity index (χ3n) is 4.41. The molecule has 0 aliphatic carbocycles. The average Bonchev–Trinajstić information content (AvgIpc) is 3.25. The summed E-state index contributed by atoms with van der Waals surface area (Å²) >= 11 is 0. The van der Waals surface area contributed by atoms with Gasteiger partial charge < -0.3 is 16.2 Å². The average molecular weight is 423 g/mol. The Balaban J connectivity index is 1.78. The van der Waals surface area contributed by atoms with Gasteiger partial charge in [-0.2, -0.15) is 4.68 Å². The fourth-order valence-corrected chi connectivity index (χ4v) is 2.96. The van der Waals surface area contributed by atoms with Crippen LogP contribution < -0.4 is 11.1 Å². The lowest BCUT2D eigenvalue weighted by atomic mass is 10.0. The monoisotopic (exact) mass is 423 g/mol. The fraction of sp³-hybridized carbons (Fsp3) is 0.0500. The summed E-state index contributed by atoms with van der Waals surface area (Å²) in [5, 5.41) is 22.7. The van der Waals surface area contributed by atoms with Crippen molar-refractivity contribution >= 4 is 17.4 Å². The minimum Gasteiger partial charge on any atom is -0.387 e. The molecule has 0 unspecified atom stereocenters. The molecule has 0 aliphatic rings. The predicted octanol–water partition coefficient (Wildman–Crippen LogP) is 2.18. The standard InChI is InChI=1S/C20H15F2N7O2/c21-15-5-2-6-16(18(15)22)29-20(26-27-28-29)14-8-12(9-24-19(14)23)11-3-1-4-13(7-11)25-17(31)10-30/h1-9,30H,10H2,(H2,23,24)(H,25,31). The van der Waals surface area contributed by atoms with Gasteiger partial charge in [0.25, 0.3) is 0 Å². The molecule has 2 aromatic carbocycles. The molecule has 0 spiro atoms. The lowest BCUT2D eigenvalue weighted by molar-refractivity contribution is -0.118. The number of tetrazole rings is 1. The van der Waals surface area contributed by atoms with Crippen molar-refractivity contribution in [2.24, 2.45) is 0 Å². The normalized spacial score (nSPS) is 10.8. The topological polar surface area (TPSA) is 132 Å². The van der Waals surface area contributed by atoms with Crippen LogP contribution in [-0.2, 0) is 4.79 Å². The summed E-state index contributed by atoms with van der Waals surface area (Å²) in [6, 6.07) is 12.1. The number of aliphatic hydroxyl groups excluding tert-OH is 1. The molecular weight excluding hydrogens is 408 g/mol. The number of hydrogen-bond acceptors (Lipinski definition) is 7. The second-order valence-electron chi connectivity index (χ2n) is 6.43. The Bertz CT molecular complexity index is 1280. The Labute approximate surface area is 174 Å². The molecule has 4 rings (SSSR count). The van der Waals surface area contributed by atoms with Crippen molar-refractivity contribution in [1.82, 2.24) is 25.2 Å². The number of nitrogens with zero attached hydrogens (tertiary/aromatic N) is 5. The molecule has 0 fully saturated rings. The first-order chi connectivity index (χ1) is 15.0. The Morgan fingerprint density at radius 3 is 2.74 bits per heavy atom. The van der Waals surface area contributed by atoms with Gasteiger partial charge in [0.15, 0.2) is 17.5 Å². The largest absolute Gasteiger partial charge is 0.387 e. The molecule has 1 amide bonds. The van der Waals surface area contributed by atoms with Crippen LogP contribution in [-0.4, -0.2) is 42.8 Å². The second kappa shape index (κ2) is 8.24. The highest BCUT2D eigenvalue weighted by Crippen LogP contribution is 2.30. The number of aromatic nitrogens is 5. The number of anilines is 2. The number of rotatable bonds is 5. The summed E-state index contributed by atoms with van der Waals surface area (Å²) in [6.07, 6.45) is 1.52. The van der Waals surface area contributed by atoms with Gasteiger partial charge in [0.2, 0.25) is 5.91 Å². The summed E-state index contributed by atoms with van der Waals surface area (Å²) in [4.78, 5) is 15.6. The third kappa shape index (κ3) is 3.94. The molecule has 0 atom stereocenters. The summed E-state index contributed by atoms with van der Waals surface area (Å²) < 4.78 is 29.0. The maximum Gasteiger partial charge on any atom is 0.250 e. The lowest BCUT2D eigenvalue weighted by Crippen LogP contribution is -2.15. The minimum atomic E-state index is -1.11. The Morgan fingerprint density at radius 2 is 1.94 bits per heavy atom. The van der Waals surface area contributed by atoms with Gasteiger partial charge in [-0.25, -0.2) is 13.8 Å². The number of benzene rings is 2. The lowest BCUT2D eigenvalue weighted by Gasteiger charge is -2.10. The van der Waals surface area contributed by atoms with Gasteiger partial charge in [-0.1, -0.05) is 18.2 Å². The summed E-state index contributed by atoms with van der Waals surface area (Å²) in [5.41, 5.74) is 7.90. The molecule has 156 valence electrons. The van der Waals surface area contributed by atoms with E-state index in [4.69, 9.17) is 10.8 Å². The first-order valence-electron chi connectivity index (χ1n) is 8.97. The number of nitrogens with one attached hydrogen (secondary N) is 1. The van der Waals surface area contributed by atoms with E-state index in [9.17, 15) is 13.6 Å². The zero-order valence-electron chi connectivity index (χ0n) is 15.8. The molecule has 31 heavy (non-hydrogen) atoms. The van der Waals surface area contributed by atoms with Gasteiger partial charge in [0.05, 0.1) is 5.56 Å². The van der Waals surface area contributed by atoms with E-state index in [1.54, 1.807) is 30.3 Å². The van der Waals surface area contributed by atoms with Crippen molar-refractivity contribution in [3.8, 4) is 28.2 Å². The number of carbonyl (C=O) groups is 1. The van der Waals surface area contributed by atoms with Crippen molar-refractivity contribution < 1.29 is 18.7 Å². The smallest absolute Gasteiger partial charge is 0.250 e. The van der Waals surface area contributed by atoms with Crippen molar-refractivity contribution in [3.05, 3.63) is 66.4 Å². The highest BCUT2D eigenvalue weighted by molar-refractivity contribution is 5.92.